The maximum absolute atomic E-state index is 13.8. The molecule has 1 aliphatic rings. The third kappa shape index (κ3) is 5.02. The number of carbonyl (C=O) groups excluding carboxylic acids is 1. The zero-order valence-corrected chi connectivity index (χ0v) is 17.3. The summed E-state index contributed by atoms with van der Waals surface area (Å²) in [7, 11) is 1.91. The number of benzene rings is 1. The van der Waals surface area contributed by atoms with Gasteiger partial charge in [-0.25, -0.2) is 4.39 Å². The van der Waals surface area contributed by atoms with Crippen LogP contribution in [-0.2, 0) is 6.42 Å². The zero-order valence-electron chi connectivity index (χ0n) is 17.3. The quantitative estimate of drug-likeness (QED) is 0.713. The summed E-state index contributed by atoms with van der Waals surface area (Å²) in [4.78, 5) is 17.1. The van der Waals surface area contributed by atoms with E-state index in [9.17, 15) is 9.18 Å². The molecule has 0 bridgehead atoms. The number of piperidine rings is 1. The van der Waals surface area contributed by atoms with Gasteiger partial charge in [0, 0.05) is 32.4 Å². The van der Waals surface area contributed by atoms with Crippen LogP contribution in [-0.4, -0.2) is 53.5 Å². The first-order valence-corrected chi connectivity index (χ1v) is 10.3. The van der Waals surface area contributed by atoms with E-state index in [1.165, 1.54) is 6.07 Å². The van der Waals surface area contributed by atoms with Crippen molar-refractivity contribution < 1.29 is 9.18 Å². The van der Waals surface area contributed by atoms with Crippen molar-refractivity contribution in [1.82, 2.24) is 14.4 Å². The molecule has 1 amide bonds. The predicted molar refractivity (Wildman–Crippen MR) is 111 cm³/mol. The van der Waals surface area contributed by atoms with Gasteiger partial charge >= 0.3 is 0 Å². The van der Waals surface area contributed by atoms with E-state index in [4.69, 9.17) is 0 Å². The van der Waals surface area contributed by atoms with E-state index in [2.05, 4.69) is 18.7 Å². The van der Waals surface area contributed by atoms with Crippen LogP contribution in [0.2, 0.25) is 0 Å². The maximum atomic E-state index is 13.8. The average molecular weight is 386 g/mol. The second kappa shape index (κ2) is 9.37. The van der Waals surface area contributed by atoms with Crippen LogP contribution >= 0.6 is 0 Å². The van der Waals surface area contributed by atoms with E-state index in [0.29, 0.717) is 5.92 Å². The molecule has 1 aromatic heterocycles. The first kappa shape index (κ1) is 20.6. The van der Waals surface area contributed by atoms with Crippen molar-refractivity contribution in [2.45, 2.75) is 39.2 Å². The fraction of sp³-hybridized carbons (Fsp3) is 0.522. The molecule has 0 atom stereocenters. The molecule has 152 valence electrons. The van der Waals surface area contributed by atoms with Gasteiger partial charge in [-0.1, -0.05) is 18.2 Å². The highest BCUT2D eigenvalue weighted by atomic mass is 19.1. The molecule has 1 aliphatic heterocycles. The lowest BCUT2D eigenvalue weighted by Crippen LogP contribution is -2.40. The molecule has 0 spiro atoms. The Bertz CT molecular complexity index is 778. The predicted octanol–water partition coefficient (Wildman–Crippen LogP) is 4.23. The van der Waals surface area contributed by atoms with Crippen molar-refractivity contribution >= 4 is 5.91 Å². The summed E-state index contributed by atoms with van der Waals surface area (Å²) >= 11 is 0. The summed E-state index contributed by atoms with van der Waals surface area (Å²) in [6.45, 7) is 7.91. The van der Waals surface area contributed by atoms with Crippen molar-refractivity contribution in [1.29, 1.82) is 0 Å². The Morgan fingerprint density at radius 3 is 2.57 bits per heavy atom. The Labute approximate surface area is 167 Å². The summed E-state index contributed by atoms with van der Waals surface area (Å²) in [6.07, 6.45) is 4.89. The van der Waals surface area contributed by atoms with Crippen molar-refractivity contribution in [3.63, 3.8) is 0 Å². The second-order valence-electron chi connectivity index (χ2n) is 8.21. The lowest BCUT2D eigenvalue weighted by atomic mass is 9.96. The number of halogens is 1. The van der Waals surface area contributed by atoms with Crippen molar-refractivity contribution in [3.05, 3.63) is 59.7 Å². The molecule has 0 N–H and O–H groups in total. The molecule has 0 aliphatic carbocycles. The van der Waals surface area contributed by atoms with Crippen LogP contribution in [0.3, 0.4) is 0 Å². The first-order chi connectivity index (χ1) is 13.5. The smallest absolute Gasteiger partial charge is 0.270 e. The largest absolute Gasteiger partial charge is 0.341 e. The van der Waals surface area contributed by atoms with Crippen LogP contribution in [0.1, 0.15) is 48.8 Å². The Hall–Kier alpha value is -2.14. The van der Waals surface area contributed by atoms with E-state index >= 15 is 0 Å². The number of rotatable bonds is 7. The van der Waals surface area contributed by atoms with Crippen LogP contribution in [0.25, 0.3) is 0 Å². The molecule has 1 saturated heterocycles. The molecule has 1 fully saturated rings. The van der Waals surface area contributed by atoms with Crippen LogP contribution in [0, 0.1) is 11.7 Å². The van der Waals surface area contributed by atoms with Crippen LogP contribution in [0.5, 0.6) is 0 Å². The minimum absolute atomic E-state index is 0.0979. The summed E-state index contributed by atoms with van der Waals surface area (Å²) in [5.41, 5.74) is 1.56. The number of carbonyl (C=O) groups is 1. The standard InChI is InChI=1S/C23H32FN3O/c1-18(2)27-13-6-9-22(27)23(28)25(3)17-19-10-14-26(15-11-19)16-12-20-7-4-5-8-21(20)24/h4-9,13,18-19H,10-12,14-17H2,1-3H3. The lowest BCUT2D eigenvalue weighted by Gasteiger charge is -2.34. The summed E-state index contributed by atoms with van der Waals surface area (Å²) < 4.78 is 15.8. The van der Waals surface area contributed by atoms with E-state index in [-0.39, 0.29) is 17.8 Å². The SMILES string of the molecule is CC(C)n1cccc1C(=O)N(C)CC1CCN(CCc2ccccc2F)CC1. The topological polar surface area (TPSA) is 28.5 Å². The summed E-state index contributed by atoms with van der Waals surface area (Å²) in [5.74, 6) is 0.519. The Morgan fingerprint density at radius 1 is 1.18 bits per heavy atom. The molecule has 0 unspecified atom stereocenters. The highest BCUT2D eigenvalue weighted by Crippen LogP contribution is 2.20. The normalized spacial score (nSPS) is 15.9. The van der Waals surface area contributed by atoms with Crippen LogP contribution in [0.15, 0.2) is 42.6 Å². The summed E-state index contributed by atoms with van der Waals surface area (Å²) in [6, 6.07) is 11.2. The lowest BCUT2D eigenvalue weighted by molar-refractivity contribution is 0.0728. The van der Waals surface area contributed by atoms with Gasteiger partial charge in [-0.15, -0.1) is 0 Å². The molecular weight excluding hydrogens is 353 g/mol. The first-order valence-electron chi connectivity index (χ1n) is 10.3. The van der Waals surface area contributed by atoms with Crippen LogP contribution in [0.4, 0.5) is 4.39 Å². The Balaban J connectivity index is 1.45. The molecule has 3 rings (SSSR count). The van der Waals surface area contributed by atoms with Gasteiger partial charge in [-0.05, 0) is 75.9 Å². The third-order valence-electron chi connectivity index (χ3n) is 5.80. The van der Waals surface area contributed by atoms with Gasteiger partial charge in [0.15, 0.2) is 0 Å². The molecule has 28 heavy (non-hydrogen) atoms. The highest BCUT2D eigenvalue weighted by Gasteiger charge is 2.24. The molecule has 0 radical (unpaired) electrons. The number of hydrogen-bond donors (Lipinski definition) is 0. The molecular formula is C23H32FN3O. The van der Waals surface area contributed by atoms with Gasteiger partial charge in [0.25, 0.3) is 5.91 Å². The van der Waals surface area contributed by atoms with E-state index in [1.54, 1.807) is 6.07 Å². The van der Waals surface area contributed by atoms with Crippen molar-refractivity contribution in [3.8, 4) is 0 Å². The summed E-state index contributed by atoms with van der Waals surface area (Å²) in [5, 5.41) is 0. The van der Waals surface area contributed by atoms with Gasteiger partial charge in [-0.2, -0.15) is 0 Å². The molecule has 1 aromatic carbocycles. The van der Waals surface area contributed by atoms with Gasteiger partial charge in [0.2, 0.25) is 0 Å². The molecule has 0 saturated carbocycles. The monoisotopic (exact) mass is 385 g/mol. The molecule has 4 nitrogen and oxygen atoms in total. The number of hydrogen-bond acceptors (Lipinski definition) is 2. The van der Waals surface area contributed by atoms with Gasteiger partial charge in [0.05, 0.1) is 0 Å². The Morgan fingerprint density at radius 2 is 1.89 bits per heavy atom. The Kier molecular flexibility index (Phi) is 6.89. The third-order valence-corrected chi connectivity index (χ3v) is 5.80. The number of likely N-dealkylation sites (tertiary alicyclic amines) is 1. The zero-order chi connectivity index (χ0) is 20.1. The van der Waals surface area contributed by atoms with Crippen molar-refractivity contribution in [2.24, 2.45) is 5.92 Å². The maximum Gasteiger partial charge on any atom is 0.270 e. The van der Waals surface area contributed by atoms with Crippen molar-refractivity contribution in [2.75, 3.05) is 33.2 Å². The number of nitrogens with zero attached hydrogens (tertiary/aromatic N) is 3. The molecule has 2 heterocycles. The number of aromatic nitrogens is 1. The minimum Gasteiger partial charge on any atom is -0.341 e. The second-order valence-corrected chi connectivity index (χ2v) is 8.21. The minimum atomic E-state index is -0.108. The van der Waals surface area contributed by atoms with Crippen LogP contribution < -0.4 is 0 Å². The van der Waals surface area contributed by atoms with Gasteiger partial charge in [-0.3, -0.25) is 4.79 Å². The average Bonchev–Trinajstić information content (AvgIpc) is 3.18. The van der Waals surface area contributed by atoms with Gasteiger partial charge in [0.1, 0.15) is 11.5 Å². The number of amides is 1. The fourth-order valence-corrected chi connectivity index (χ4v) is 4.06. The molecule has 5 heteroatoms. The van der Waals surface area contributed by atoms with E-state index in [1.807, 2.05) is 47.0 Å². The highest BCUT2D eigenvalue weighted by molar-refractivity contribution is 5.92. The van der Waals surface area contributed by atoms with E-state index < -0.39 is 0 Å². The van der Waals surface area contributed by atoms with Gasteiger partial charge < -0.3 is 14.4 Å². The fourth-order valence-electron chi connectivity index (χ4n) is 4.06. The molecule has 2 aromatic rings. The van der Waals surface area contributed by atoms with E-state index in [0.717, 1.165) is 56.7 Å².